The van der Waals surface area contributed by atoms with Crippen LogP contribution in [0, 0.1) is 35.0 Å². The summed E-state index contributed by atoms with van der Waals surface area (Å²) in [6.45, 7) is 4.51. The van der Waals surface area contributed by atoms with Gasteiger partial charge >= 0.3 is 0 Å². The number of rotatable bonds is 4. The summed E-state index contributed by atoms with van der Waals surface area (Å²) in [4.78, 5) is 12.9. The summed E-state index contributed by atoms with van der Waals surface area (Å²) in [5.74, 6) is 4.58. The van der Waals surface area contributed by atoms with E-state index in [4.69, 9.17) is 6.42 Å². The Kier molecular flexibility index (Phi) is 3.35. The third-order valence-corrected chi connectivity index (χ3v) is 6.03. The topological polar surface area (TPSA) is 29.1 Å². The molecule has 4 rings (SSSR count). The van der Waals surface area contributed by atoms with Crippen LogP contribution in [0.25, 0.3) is 0 Å². The molecular formula is C18H27NO. The third kappa shape index (κ3) is 2.26. The van der Waals surface area contributed by atoms with Crippen LogP contribution in [0.4, 0.5) is 0 Å². The molecule has 110 valence electrons. The maximum Gasteiger partial charge on any atom is 0.226 e. The van der Waals surface area contributed by atoms with Gasteiger partial charge in [0.05, 0.1) is 5.41 Å². The highest BCUT2D eigenvalue weighted by atomic mass is 16.2. The van der Waals surface area contributed by atoms with Crippen LogP contribution in [0.15, 0.2) is 0 Å². The van der Waals surface area contributed by atoms with Gasteiger partial charge in [0.15, 0.2) is 0 Å². The summed E-state index contributed by atoms with van der Waals surface area (Å²) in [5, 5.41) is 3.26. The van der Waals surface area contributed by atoms with Crippen LogP contribution in [0.3, 0.4) is 0 Å². The Morgan fingerprint density at radius 1 is 1.35 bits per heavy atom. The summed E-state index contributed by atoms with van der Waals surface area (Å²) in [7, 11) is 0. The fourth-order valence-electron chi connectivity index (χ4n) is 5.76. The molecule has 0 heterocycles. The first-order chi connectivity index (χ1) is 9.48. The molecule has 4 saturated carbocycles. The summed E-state index contributed by atoms with van der Waals surface area (Å²) in [6, 6.07) is 0.160. The Morgan fingerprint density at radius 3 is 2.50 bits per heavy atom. The van der Waals surface area contributed by atoms with Crippen LogP contribution in [0.1, 0.15) is 65.2 Å². The Bertz CT molecular complexity index is 433. The zero-order valence-electron chi connectivity index (χ0n) is 12.9. The second-order valence-electron chi connectivity index (χ2n) is 8.04. The van der Waals surface area contributed by atoms with Gasteiger partial charge in [-0.1, -0.05) is 13.8 Å². The molecule has 2 heteroatoms. The molecule has 4 bridgehead atoms. The maximum atomic E-state index is 12.9. The SMILES string of the molecule is C#CCC(CC)NC(=O)C12CC3CC(CC(C)(C3)C1)C2. The first kappa shape index (κ1) is 14.0. The molecule has 20 heavy (non-hydrogen) atoms. The van der Waals surface area contributed by atoms with E-state index in [0.717, 1.165) is 37.5 Å². The van der Waals surface area contributed by atoms with E-state index in [1.54, 1.807) is 0 Å². The van der Waals surface area contributed by atoms with E-state index in [2.05, 4.69) is 25.1 Å². The predicted octanol–water partition coefficient (Wildman–Crippen LogP) is 3.51. The lowest BCUT2D eigenvalue weighted by Gasteiger charge is -2.60. The van der Waals surface area contributed by atoms with Crippen molar-refractivity contribution in [3.63, 3.8) is 0 Å². The van der Waals surface area contributed by atoms with Gasteiger partial charge in [-0.15, -0.1) is 12.3 Å². The molecule has 0 spiro atoms. The van der Waals surface area contributed by atoms with Gasteiger partial charge in [-0.3, -0.25) is 4.79 Å². The molecule has 0 aromatic carbocycles. The number of terminal acetylenes is 1. The number of amides is 1. The highest BCUT2D eigenvalue weighted by Gasteiger charge is 2.58. The van der Waals surface area contributed by atoms with Crippen molar-refractivity contribution in [2.75, 3.05) is 0 Å². The number of nitrogens with one attached hydrogen (secondary N) is 1. The quantitative estimate of drug-likeness (QED) is 0.780. The lowest BCUT2D eigenvalue weighted by atomic mass is 9.44. The molecule has 3 unspecified atom stereocenters. The smallest absolute Gasteiger partial charge is 0.226 e. The molecule has 0 aromatic rings. The van der Waals surface area contributed by atoms with E-state index in [1.807, 2.05) is 0 Å². The average molecular weight is 273 g/mol. The summed E-state index contributed by atoms with van der Waals surface area (Å²) < 4.78 is 0. The molecular weight excluding hydrogens is 246 g/mol. The van der Waals surface area contributed by atoms with E-state index >= 15 is 0 Å². The fraction of sp³-hybridized carbons (Fsp3) is 0.833. The zero-order chi connectivity index (χ0) is 14.4. The molecule has 4 fully saturated rings. The van der Waals surface area contributed by atoms with Crippen molar-refractivity contribution >= 4 is 5.91 Å². The van der Waals surface area contributed by atoms with E-state index in [-0.39, 0.29) is 11.5 Å². The van der Waals surface area contributed by atoms with Gasteiger partial charge in [-0.2, -0.15) is 0 Å². The summed E-state index contributed by atoms with van der Waals surface area (Å²) in [6.07, 6.45) is 14.4. The molecule has 0 saturated heterocycles. The van der Waals surface area contributed by atoms with Gasteiger partial charge in [0.2, 0.25) is 5.91 Å². The molecule has 0 radical (unpaired) electrons. The van der Waals surface area contributed by atoms with Gasteiger partial charge in [-0.25, -0.2) is 0 Å². The van der Waals surface area contributed by atoms with Crippen LogP contribution in [-0.2, 0) is 4.79 Å². The monoisotopic (exact) mass is 273 g/mol. The minimum Gasteiger partial charge on any atom is -0.352 e. The Labute approximate surface area is 123 Å². The van der Waals surface area contributed by atoms with Crippen LogP contribution in [-0.4, -0.2) is 11.9 Å². The average Bonchev–Trinajstić information content (AvgIpc) is 2.35. The maximum absolute atomic E-state index is 12.9. The van der Waals surface area contributed by atoms with Crippen molar-refractivity contribution < 1.29 is 4.79 Å². The highest BCUT2D eigenvalue weighted by Crippen LogP contribution is 2.65. The lowest BCUT2D eigenvalue weighted by Crippen LogP contribution is -2.57. The van der Waals surface area contributed by atoms with Crippen molar-refractivity contribution in [2.24, 2.45) is 22.7 Å². The van der Waals surface area contributed by atoms with E-state index in [1.165, 1.54) is 19.3 Å². The Hall–Kier alpha value is -0.970. The van der Waals surface area contributed by atoms with Crippen molar-refractivity contribution in [3.05, 3.63) is 0 Å². The van der Waals surface area contributed by atoms with Gasteiger partial charge in [0, 0.05) is 12.5 Å². The predicted molar refractivity (Wildman–Crippen MR) is 80.9 cm³/mol. The zero-order valence-corrected chi connectivity index (χ0v) is 12.9. The molecule has 0 aliphatic heterocycles. The molecule has 4 aliphatic carbocycles. The molecule has 1 N–H and O–H groups in total. The van der Waals surface area contributed by atoms with E-state index in [9.17, 15) is 4.79 Å². The van der Waals surface area contributed by atoms with Gasteiger partial charge in [-0.05, 0) is 62.2 Å². The normalized spacial score (nSPS) is 43.0. The number of hydrogen-bond donors (Lipinski definition) is 1. The molecule has 3 atom stereocenters. The number of hydrogen-bond acceptors (Lipinski definition) is 1. The van der Waals surface area contributed by atoms with Crippen molar-refractivity contribution in [1.82, 2.24) is 5.32 Å². The molecule has 4 aliphatic rings. The van der Waals surface area contributed by atoms with Crippen LogP contribution in [0.2, 0.25) is 0 Å². The molecule has 2 nitrogen and oxygen atoms in total. The summed E-state index contributed by atoms with van der Waals surface area (Å²) in [5.41, 5.74) is 0.357. The van der Waals surface area contributed by atoms with Gasteiger partial charge in [0.25, 0.3) is 0 Å². The highest BCUT2D eigenvalue weighted by molar-refractivity contribution is 5.83. The first-order valence-corrected chi connectivity index (χ1v) is 8.23. The summed E-state index contributed by atoms with van der Waals surface area (Å²) >= 11 is 0. The van der Waals surface area contributed by atoms with Gasteiger partial charge < -0.3 is 5.32 Å². The number of carbonyl (C=O) groups excluding carboxylic acids is 1. The first-order valence-electron chi connectivity index (χ1n) is 8.23. The van der Waals surface area contributed by atoms with Gasteiger partial charge in [0.1, 0.15) is 0 Å². The lowest BCUT2D eigenvalue weighted by molar-refractivity contribution is -0.156. The minimum atomic E-state index is -0.0686. The Morgan fingerprint density at radius 2 is 2.00 bits per heavy atom. The van der Waals surface area contributed by atoms with E-state index in [0.29, 0.717) is 17.7 Å². The molecule has 0 aromatic heterocycles. The second kappa shape index (κ2) is 4.79. The second-order valence-corrected chi connectivity index (χ2v) is 8.04. The number of carbonyl (C=O) groups is 1. The van der Waals surface area contributed by atoms with Crippen LogP contribution >= 0.6 is 0 Å². The molecule has 1 amide bonds. The third-order valence-electron chi connectivity index (χ3n) is 6.03. The van der Waals surface area contributed by atoms with Crippen LogP contribution < -0.4 is 5.32 Å². The van der Waals surface area contributed by atoms with Crippen molar-refractivity contribution in [2.45, 2.75) is 71.3 Å². The minimum absolute atomic E-state index is 0.0686. The van der Waals surface area contributed by atoms with Crippen molar-refractivity contribution in [1.29, 1.82) is 0 Å². The fourth-order valence-corrected chi connectivity index (χ4v) is 5.76. The van der Waals surface area contributed by atoms with E-state index < -0.39 is 0 Å². The largest absolute Gasteiger partial charge is 0.352 e. The van der Waals surface area contributed by atoms with Crippen molar-refractivity contribution in [3.8, 4) is 12.3 Å². The van der Waals surface area contributed by atoms with Crippen LogP contribution in [0.5, 0.6) is 0 Å². The standard InChI is InChI=1S/C18H27NO/c1-4-6-15(5-2)19-16(20)18-10-13-7-14(11-18)9-17(3,8-13)12-18/h1,13-15H,5-12H2,2-3H3,(H,19,20). The Balaban J connectivity index is 1.76.